The van der Waals surface area contributed by atoms with Crippen molar-refractivity contribution in [1.29, 1.82) is 0 Å². The molecule has 4 heterocycles. The van der Waals surface area contributed by atoms with Gasteiger partial charge in [0.1, 0.15) is 5.76 Å². The summed E-state index contributed by atoms with van der Waals surface area (Å²) in [6.07, 6.45) is 11.6. The second-order valence-corrected chi connectivity index (χ2v) is 8.22. The van der Waals surface area contributed by atoms with Crippen molar-refractivity contribution < 1.29 is 4.52 Å². The predicted molar refractivity (Wildman–Crippen MR) is 108 cm³/mol. The van der Waals surface area contributed by atoms with E-state index >= 15 is 0 Å². The molecule has 1 saturated carbocycles. The van der Waals surface area contributed by atoms with Gasteiger partial charge in [-0.15, -0.1) is 0 Å². The lowest BCUT2D eigenvalue weighted by Gasteiger charge is -2.32. The van der Waals surface area contributed by atoms with Gasteiger partial charge < -0.3 is 4.52 Å². The van der Waals surface area contributed by atoms with Crippen LogP contribution in [0.1, 0.15) is 42.9 Å². The van der Waals surface area contributed by atoms with Gasteiger partial charge in [0.15, 0.2) is 0 Å². The van der Waals surface area contributed by atoms with Crippen molar-refractivity contribution in [2.45, 2.75) is 44.7 Å². The van der Waals surface area contributed by atoms with E-state index in [2.05, 4.69) is 20.0 Å². The standard InChI is InChI=1S/C22H25N5O2/c28-21-10-20(18-2-1-7-23-11-18)24-15-27(21)13-16-5-8-26(9-6-16)14-19-12-25-29-22(19)17-3-4-17/h1-2,7,10-12,15-17H,3-6,8-9,13-14H2. The third-order valence-electron chi connectivity index (χ3n) is 6.02. The van der Waals surface area contributed by atoms with Gasteiger partial charge in [0.25, 0.3) is 5.56 Å². The fourth-order valence-electron chi connectivity index (χ4n) is 4.15. The molecule has 5 rings (SSSR count). The highest BCUT2D eigenvalue weighted by molar-refractivity contribution is 5.56. The van der Waals surface area contributed by atoms with E-state index in [1.54, 1.807) is 29.4 Å². The second kappa shape index (κ2) is 7.91. The van der Waals surface area contributed by atoms with Crippen LogP contribution in [-0.4, -0.2) is 37.7 Å². The minimum atomic E-state index is -0.000158. The lowest BCUT2D eigenvalue weighted by atomic mass is 9.96. The summed E-state index contributed by atoms with van der Waals surface area (Å²) in [5, 5.41) is 4.01. The zero-order valence-electron chi connectivity index (χ0n) is 16.4. The van der Waals surface area contributed by atoms with Crippen LogP contribution in [0, 0.1) is 5.92 Å². The summed E-state index contributed by atoms with van der Waals surface area (Å²) in [5.74, 6) is 2.19. The van der Waals surface area contributed by atoms with Crippen LogP contribution in [0.2, 0.25) is 0 Å². The Kier molecular flexibility index (Phi) is 4.97. The minimum absolute atomic E-state index is 0.000158. The number of piperidine rings is 1. The number of hydrogen-bond acceptors (Lipinski definition) is 6. The Morgan fingerprint density at radius 2 is 2.00 bits per heavy atom. The zero-order chi connectivity index (χ0) is 19.6. The maximum atomic E-state index is 12.5. The van der Waals surface area contributed by atoms with Crippen LogP contribution in [0.3, 0.4) is 0 Å². The minimum Gasteiger partial charge on any atom is -0.361 e. The molecule has 0 atom stereocenters. The van der Waals surface area contributed by atoms with E-state index in [1.165, 1.54) is 18.4 Å². The largest absolute Gasteiger partial charge is 0.361 e. The third-order valence-corrected chi connectivity index (χ3v) is 6.02. The Labute approximate surface area is 169 Å². The Morgan fingerprint density at radius 1 is 1.14 bits per heavy atom. The molecule has 7 heteroatoms. The van der Waals surface area contributed by atoms with Crippen LogP contribution >= 0.6 is 0 Å². The molecule has 1 aliphatic carbocycles. The van der Waals surface area contributed by atoms with Crippen LogP contribution in [0.5, 0.6) is 0 Å². The Bertz CT molecular complexity index is 1020. The Morgan fingerprint density at radius 3 is 2.72 bits per heavy atom. The molecule has 29 heavy (non-hydrogen) atoms. The molecule has 0 unspecified atom stereocenters. The molecule has 0 radical (unpaired) electrons. The van der Waals surface area contributed by atoms with E-state index in [9.17, 15) is 4.79 Å². The number of hydrogen-bond donors (Lipinski definition) is 0. The first kappa shape index (κ1) is 18.2. The molecule has 0 spiro atoms. The van der Waals surface area contributed by atoms with Crippen LogP contribution in [0.15, 0.2) is 52.4 Å². The zero-order valence-corrected chi connectivity index (χ0v) is 16.4. The summed E-state index contributed by atoms with van der Waals surface area (Å²) < 4.78 is 7.20. The van der Waals surface area contributed by atoms with E-state index in [4.69, 9.17) is 4.52 Å². The highest BCUT2D eigenvalue weighted by atomic mass is 16.5. The average molecular weight is 391 g/mol. The summed E-state index contributed by atoms with van der Waals surface area (Å²) >= 11 is 0. The number of rotatable bonds is 6. The molecular weight excluding hydrogens is 366 g/mol. The van der Waals surface area contributed by atoms with Gasteiger partial charge in [0, 0.05) is 48.6 Å². The Hall–Kier alpha value is -2.80. The van der Waals surface area contributed by atoms with Gasteiger partial charge in [-0.1, -0.05) is 5.16 Å². The quantitative estimate of drug-likeness (QED) is 0.643. The van der Waals surface area contributed by atoms with Crippen LogP contribution in [0.4, 0.5) is 0 Å². The molecule has 3 aromatic heterocycles. The van der Waals surface area contributed by atoms with E-state index in [1.807, 2.05) is 18.3 Å². The van der Waals surface area contributed by atoms with Crippen LogP contribution in [0.25, 0.3) is 11.3 Å². The second-order valence-electron chi connectivity index (χ2n) is 8.22. The fraction of sp³-hybridized carbons (Fsp3) is 0.455. The molecule has 150 valence electrons. The number of likely N-dealkylation sites (tertiary alicyclic amines) is 1. The normalized spacial score (nSPS) is 18.2. The van der Waals surface area contributed by atoms with Crippen LogP contribution in [-0.2, 0) is 13.1 Å². The number of pyridine rings is 1. The molecule has 3 aromatic rings. The maximum Gasteiger partial charge on any atom is 0.253 e. The predicted octanol–water partition coefficient (Wildman–Crippen LogP) is 3.08. The lowest BCUT2D eigenvalue weighted by molar-refractivity contribution is 0.165. The van der Waals surface area contributed by atoms with Gasteiger partial charge in [-0.05, 0) is 56.8 Å². The average Bonchev–Trinajstić information content (AvgIpc) is 3.50. The van der Waals surface area contributed by atoms with Crippen molar-refractivity contribution in [3.8, 4) is 11.3 Å². The summed E-state index contributed by atoms with van der Waals surface area (Å²) in [6, 6.07) is 5.37. The molecule has 0 aromatic carbocycles. The first-order valence-electron chi connectivity index (χ1n) is 10.4. The first-order valence-corrected chi connectivity index (χ1v) is 10.4. The highest BCUT2D eigenvalue weighted by Gasteiger charge is 2.31. The van der Waals surface area contributed by atoms with Crippen molar-refractivity contribution in [3.63, 3.8) is 0 Å². The van der Waals surface area contributed by atoms with E-state index < -0.39 is 0 Å². The summed E-state index contributed by atoms with van der Waals surface area (Å²) in [6.45, 7) is 3.72. The van der Waals surface area contributed by atoms with Gasteiger partial charge in [0.2, 0.25) is 0 Å². The topological polar surface area (TPSA) is 77.1 Å². The Balaban J connectivity index is 1.17. The number of aromatic nitrogens is 4. The molecule has 1 aliphatic heterocycles. The smallest absolute Gasteiger partial charge is 0.253 e. The molecule has 0 N–H and O–H groups in total. The van der Waals surface area contributed by atoms with Crippen molar-refractivity contribution in [3.05, 3.63) is 64.8 Å². The van der Waals surface area contributed by atoms with Gasteiger partial charge in [-0.25, -0.2) is 4.98 Å². The fourth-order valence-corrected chi connectivity index (χ4v) is 4.15. The SMILES string of the molecule is O=c1cc(-c2cccnc2)ncn1CC1CCN(Cc2cnoc2C2CC2)CC1. The van der Waals surface area contributed by atoms with Crippen molar-refractivity contribution in [1.82, 2.24) is 24.6 Å². The highest BCUT2D eigenvalue weighted by Crippen LogP contribution is 2.42. The molecule has 0 amide bonds. The molecule has 7 nitrogen and oxygen atoms in total. The maximum absolute atomic E-state index is 12.5. The van der Waals surface area contributed by atoms with Gasteiger partial charge in [-0.2, -0.15) is 0 Å². The first-order chi connectivity index (χ1) is 14.3. The number of nitrogens with zero attached hydrogens (tertiary/aromatic N) is 5. The molecule has 2 fully saturated rings. The van der Waals surface area contributed by atoms with Crippen LogP contribution < -0.4 is 5.56 Å². The molecule has 1 saturated heterocycles. The van der Waals surface area contributed by atoms with Crippen molar-refractivity contribution >= 4 is 0 Å². The van der Waals surface area contributed by atoms with Crippen molar-refractivity contribution in [2.24, 2.45) is 5.92 Å². The van der Waals surface area contributed by atoms with Crippen molar-refractivity contribution in [2.75, 3.05) is 13.1 Å². The van der Waals surface area contributed by atoms with Gasteiger partial charge in [-0.3, -0.25) is 19.2 Å². The molecular formula is C22H25N5O2. The lowest BCUT2D eigenvalue weighted by Crippen LogP contribution is -2.36. The third kappa shape index (κ3) is 4.15. The van der Waals surface area contributed by atoms with Gasteiger partial charge in [0.05, 0.1) is 18.2 Å². The van der Waals surface area contributed by atoms with E-state index in [-0.39, 0.29) is 5.56 Å². The molecule has 0 bridgehead atoms. The van der Waals surface area contributed by atoms with E-state index in [0.29, 0.717) is 17.5 Å². The summed E-state index contributed by atoms with van der Waals surface area (Å²) in [4.78, 5) is 23.6. The monoisotopic (exact) mass is 391 g/mol. The summed E-state index contributed by atoms with van der Waals surface area (Å²) in [5.41, 5.74) is 2.79. The van der Waals surface area contributed by atoms with E-state index in [0.717, 1.165) is 50.3 Å². The van der Waals surface area contributed by atoms with Gasteiger partial charge >= 0.3 is 0 Å². The molecule has 2 aliphatic rings. The summed E-state index contributed by atoms with van der Waals surface area (Å²) in [7, 11) is 0.